The van der Waals surface area contributed by atoms with Crippen LogP contribution in [0.25, 0.3) is 0 Å². The number of nitrogens with two attached hydrogens (primary N) is 3. The van der Waals surface area contributed by atoms with Gasteiger partial charge in [0.05, 0.1) is 21.3 Å². The number of para-hydroxylation sites is 3. The lowest BCUT2D eigenvalue weighted by Gasteiger charge is -2.30. The zero-order valence-corrected chi connectivity index (χ0v) is 21.1. The summed E-state index contributed by atoms with van der Waals surface area (Å²) in [4.78, 5) is 0. The number of methoxy groups -OCH3 is 3. The predicted molar refractivity (Wildman–Crippen MR) is 130 cm³/mol. The lowest BCUT2D eigenvalue weighted by molar-refractivity contribution is 0.0834. The number of hydrogen-bond acceptors (Lipinski definition) is 13. The Labute approximate surface area is 214 Å². The highest BCUT2D eigenvalue weighted by molar-refractivity contribution is 7.48. The van der Waals surface area contributed by atoms with Crippen LogP contribution < -0.4 is 47.3 Å². The van der Waals surface area contributed by atoms with E-state index >= 15 is 0 Å². The van der Waals surface area contributed by atoms with E-state index in [0.29, 0.717) is 0 Å². The van der Waals surface area contributed by atoms with Crippen molar-refractivity contribution < 1.29 is 45.8 Å². The standard InChI is InChI=1S/C21H24F3N6O7P/c1-32-16-10-4-7-13(22)19(16)28(25)35-38(31,36-29(26)20-14(23)8-5-11-17(20)33-2)37-30(27)21-15(24)9-6-12-18(21)34-3/h4-12H,25-27H2,1-3H3. The highest BCUT2D eigenvalue weighted by Crippen LogP contribution is 2.54. The summed E-state index contributed by atoms with van der Waals surface area (Å²) in [7, 11) is -1.68. The smallest absolute Gasteiger partial charge is 0.494 e. The molecule has 0 radical (unpaired) electrons. The second-order valence-electron chi connectivity index (χ2n) is 7.04. The molecule has 0 bridgehead atoms. The van der Waals surface area contributed by atoms with E-state index in [1.165, 1.54) is 57.7 Å². The number of nitrogens with zero attached hydrogens (tertiary/aromatic N) is 3. The highest BCUT2D eigenvalue weighted by Gasteiger charge is 2.40. The van der Waals surface area contributed by atoms with Crippen molar-refractivity contribution in [2.45, 2.75) is 0 Å². The van der Waals surface area contributed by atoms with Crippen molar-refractivity contribution in [3.8, 4) is 17.2 Å². The second-order valence-corrected chi connectivity index (χ2v) is 8.43. The molecule has 0 saturated heterocycles. The minimum absolute atomic E-state index is 0.147. The van der Waals surface area contributed by atoms with Crippen LogP contribution in [-0.2, 0) is 18.4 Å². The van der Waals surface area contributed by atoms with Gasteiger partial charge in [0.25, 0.3) is 0 Å². The molecule has 3 aromatic carbocycles. The third-order valence-corrected chi connectivity index (χ3v) is 5.86. The fourth-order valence-corrected chi connectivity index (χ4v) is 4.09. The monoisotopic (exact) mass is 560 g/mol. The molecule has 0 aliphatic rings. The number of anilines is 3. The first-order chi connectivity index (χ1) is 18.0. The number of phosphoric acid groups is 1. The summed E-state index contributed by atoms with van der Waals surface area (Å²) >= 11 is 0. The average Bonchev–Trinajstić information content (AvgIpc) is 2.87. The normalized spacial score (nSPS) is 11.2. The van der Waals surface area contributed by atoms with Gasteiger partial charge in [-0.3, -0.25) is 0 Å². The third-order valence-electron chi connectivity index (χ3n) is 4.73. The molecule has 0 unspecified atom stereocenters. The molecule has 3 aromatic rings. The van der Waals surface area contributed by atoms with E-state index in [9.17, 15) is 17.7 Å². The molecule has 17 heteroatoms. The van der Waals surface area contributed by atoms with Gasteiger partial charge in [-0.15, -0.1) is 13.9 Å². The summed E-state index contributed by atoms with van der Waals surface area (Å²) < 4.78 is 87.9. The number of hydrazine groups is 3. The Morgan fingerprint density at radius 2 is 0.842 bits per heavy atom. The molecule has 6 N–H and O–H groups in total. The summed E-state index contributed by atoms with van der Waals surface area (Å²) in [6.07, 6.45) is 0. The fraction of sp³-hybridized carbons (Fsp3) is 0.143. The molecule has 0 saturated carbocycles. The van der Waals surface area contributed by atoms with Crippen molar-refractivity contribution in [2.75, 3.05) is 36.8 Å². The van der Waals surface area contributed by atoms with E-state index in [1.807, 2.05) is 0 Å². The Kier molecular flexibility index (Phi) is 9.24. The first-order valence-electron chi connectivity index (χ1n) is 10.4. The van der Waals surface area contributed by atoms with Crippen LogP contribution in [0.1, 0.15) is 0 Å². The van der Waals surface area contributed by atoms with Gasteiger partial charge in [0.2, 0.25) is 0 Å². The molecule has 0 aromatic heterocycles. The molecule has 0 spiro atoms. The molecule has 0 aliphatic heterocycles. The minimum atomic E-state index is -5.30. The van der Waals surface area contributed by atoms with Gasteiger partial charge >= 0.3 is 7.82 Å². The van der Waals surface area contributed by atoms with Gasteiger partial charge < -0.3 is 14.2 Å². The zero-order chi connectivity index (χ0) is 28.0. The van der Waals surface area contributed by atoms with E-state index in [4.69, 9.17) is 45.6 Å². The number of rotatable bonds is 12. The van der Waals surface area contributed by atoms with E-state index < -0.39 is 42.3 Å². The fourth-order valence-electron chi connectivity index (χ4n) is 3.11. The molecule has 3 rings (SSSR count). The van der Waals surface area contributed by atoms with Crippen LogP contribution in [0, 0.1) is 17.5 Å². The van der Waals surface area contributed by atoms with Crippen LogP contribution in [-0.4, -0.2) is 21.3 Å². The molecule has 0 aliphatic carbocycles. The van der Waals surface area contributed by atoms with Gasteiger partial charge in [-0.25, -0.2) is 35.3 Å². The summed E-state index contributed by atoms with van der Waals surface area (Å²) in [6, 6.07) is 10.8. The van der Waals surface area contributed by atoms with Gasteiger partial charge in [-0.1, -0.05) is 18.2 Å². The van der Waals surface area contributed by atoms with Crippen molar-refractivity contribution >= 4 is 24.9 Å². The van der Waals surface area contributed by atoms with E-state index in [-0.39, 0.29) is 32.8 Å². The van der Waals surface area contributed by atoms with Crippen LogP contribution in [0.2, 0.25) is 0 Å². The third kappa shape index (κ3) is 6.20. The van der Waals surface area contributed by atoms with E-state index in [0.717, 1.165) is 18.2 Å². The lowest BCUT2D eigenvalue weighted by Crippen LogP contribution is -2.39. The Morgan fingerprint density at radius 3 is 1.08 bits per heavy atom. The maximum absolute atomic E-state index is 14.6. The van der Waals surface area contributed by atoms with Gasteiger partial charge in [0.15, 0.2) is 34.5 Å². The molecular weight excluding hydrogens is 536 g/mol. The average molecular weight is 560 g/mol. The predicted octanol–water partition coefficient (Wildman–Crippen LogP) is 3.47. The second kappa shape index (κ2) is 12.2. The van der Waals surface area contributed by atoms with Crippen molar-refractivity contribution in [2.24, 2.45) is 17.5 Å². The SMILES string of the molecule is COc1cccc(F)c1N(N)OP(=O)(ON(N)c1c(F)cccc1OC)ON(N)c1c(F)cccc1OC. The van der Waals surface area contributed by atoms with Crippen molar-refractivity contribution in [1.29, 1.82) is 0 Å². The molecule has 206 valence electrons. The summed E-state index contributed by atoms with van der Waals surface area (Å²) in [5, 5.41) is 0.440. The molecule has 0 amide bonds. The maximum Gasteiger partial charge on any atom is 0.543 e. The van der Waals surface area contributed by atoms with E-state index in [2.05, 4.69) is 0 Å². The van der Waals surface area contributed by atoms with Crippen molar-refractivity contribution in [3.63, 3.8) is 0 Å². The summed E-state index contributed by atoms with van der Waals surface area (Å²) in [5.74, 6) is 14.0. The minimum Gasteiger partial charge on any atom is -0.494 e. The van der Waals surface area contributed by atoms with Crippen LogP contribution in [0.4, 0.5) is 30.2 Å². The zero-order valence-electron chi connectivity index (χ0n) is 20.2. The number of hydrogen-bond donors (Lipinski definition) is 3. The Balaban J connectivity index is 2.04. The molecular formula is C21H24F3N6O7P. The lowest BCUT2D eigenvalue weighted by atomic mass is 10.3. The molecule has 0 heterocycles. The van der Waals surface area contributed by atoms with Gasteiger partial charge in [0, 0.05) is 0 Å². The maximum atomic E-state index is 14.6. The van der Waals surface area contributed by atoms with Crippen LogP contribution in [0.3, 0.4) is 0 Å². The van der Waals surface area contributed by atoms with Gasteiger partial charge in [-0.05, 0) is 36.4 Å². The Morgan fingerprint density at radius 1 is 0.579 bits per heavy atom. The Hall–Kier alpha value is -3.76. The summed E-state index contributed by atoms with van der Waals surface area (Å²) in [5.41, 5.74) is -1.66. The topological polar surface area (TPSA) is 160 Å². The van der Waals surface area contributed by atoms with Crippen LogP contribution >= 0.6 is 7.82 Å². The van der Waals surface area contributed by atoms with Crippen molar-refractivity contribution in [3.05, 3.63) is 72.0 Å². The van der Waals surface area contributed by atoms with Gasteiger partial charge in [-0.2, -0.15) is 15.5 Å². The first kappa shape index (κ1) is 28.8. The highest BCUT2D eigenvalue weighted by atomic mass is 31.2. The summed E-state index contributed by atoms with van der Waals surface area (Å²) in [6.45, 7) is 0. The molecule has 38 heavy (non-hydrogen) atoms. The largest absolute Gasteiger partial charge is 0.543 e. The van der Waals surface area contributed by atoms with Crippen molar-refractivity contribution in [1.82, 2.24) is 0 Å². The van der Waals surface area contributed by atoms with Crippen LogP contribution in [0.15, 0.2) is 54.6 Å². The number of ether oxygens (including phenoxy) is 3. The molecule has 0 fully saturated rings. The number of halogens is 3. The molecule has 13 nitrogen and oxygen atoms in total. The van der Waals surface area contributed by atoms with Crippen LogP contribution in [0.5, 0.6) is 17.2 Å². The first-order valence-corrected chi connectivity index (χ1v) is 11.8. The Bertz CT molecular complexity index is 1170. The quantitative estimate of drug-likeness (QED) is 0.168. The number of benzene rings is 3. The van der Waals surface area contributed by atoms with Gasteiger partial charge in [0.1, 0.15) is 17.2 Å². The molecule has 0 atom stereocenters. The van der Waals surface area contributed by atoms with E-state index in [1.54, 1.807) is 0 Å².